The fourth-order valence-corrected chi connectivity index (χ4v) is 5.09. The van der Waals surface area contributed by atoms with Crippen molar-refractivity contribution in [1.82, 2.24) is 20.5 Å². The number of benzene rings is 3. The van der Waals surface area contributed by atoms with Crippen LogP contribution in [0.3, 0.4) is 0 Å². The van der Waals surface area contributed by atoms with Crippen molar-refractivity contribution in [2.45, 2.75) is 44.1 Å². The van der Waals surface area contributed by atoms with Crippen molar-refractivity contribution in [3.05, 3.63) is 77.9 Å². The summed E-state index contributed by atoms with van der Waals surface area (Å²) in [7, 11) is 0. The first kappa shape index (κ1) is 25.2. The van der Waals surface area contributed by atoms with E-state index in [0.29, 0.717) is 23.1 Å². The van der Waals surface area contributed by atoms with Crippen molar-refractivity contribution in [1.29, 1.82) is 0 Å². The van der Waals surface area contributed by atoms with Gasteiger partial charge in [-0.05, 0) is 54.2 Å². The van der Waals surface area contributed by atoms with Crippen LogP contribution in [0.25, 0.3) is 45.1 Å². The van der Waals surface area contributed by atoms with Gasteiger partial charge in [0.15, 0.2) is 5.58 Å². The molecule has 0 saturated heterocycles. The molecule has 5 aromatic rings. The molecule has 1 saturated carbocycles. The normalized spacial score (nSPS) is 17.8. The summed E-state index contributed by atoms with van der Waals surface area (Å²) < 4.78 is 68.9. The van der Waals surface area contributed by atoms with Gasteiger partial charge >= 0.3 is 6.18 Å². The van der Waals surface area contributed by atoms with Crippen molar-refractivity contribution in [2.24, 2.45) is 0 Å². The zero-order chi connectivity index (χ0) is 27.1. The van der Waals surface area contributed by atoms with Crippen LogP contribution in [0, 0.1) is 5.82 Å². The molecule has 7 nitrogen and oxygen atoms in total. The number of alkyl halides is 3. The topological polar surface area (TPSA) is 97.2 Å². The molecule has 1 aliphatic rings. The first-order valence-corrected chi connectivity index (χ1v) is 12.4. The molecular weight excluding hydrogens is 516 g/mol. The summed E-state index contributed by atoms with van der Waals surface area (Å²) in [4.78, 5) is 4.30. The van der Waals surface area contributed by atoms with E-state index in [1.807, 2.05) is 6.07 Å². The van der Waals surface area contributed by atoms with E-state index in [1.165, 1.54) is 18.2 Å². The first-order valence-electron chi connectivity index (χ1n) is 12.4. The molecule has 39 heavy (non-hydrogen) atoms. The molecule has 2 heterocycles. The lowest BCUT2D eigenvalue weighted by Crippen LogP contribution is -2.35. The Labute approximate surface area is 219 Å². The Morgan fingerprint density at radius 2 is 1.82 bits per heavy atom. The molecule has 0 spiro atoms. The van der Waals surface area contributed by atoms with E-state index in [2.05, 4.69) is 20.5 Å². The van der Waals surface area contributed by atoms with Gasteiger partial charge in [-0.25, -0.2) is 9.37 Å². The van der Waals surface area contributed by atoms with Gasteiger partial charge in [-0.2, -0.15) is 13.2 Å². The highest BCUT2D eigenvalue weighted by atomic mass is 19.4. The number of rotatable bonds is 6. The number of aliphatic hydroxyl groups is 1. The Kier molecular flexibility index (Phi) is 6.40. The van der Waals surface area contributed by atoms with Crippen LogP contribution in [-0.2, 0) is 12.7 Å². The second-order valence-electron chi connectivity index (χ2n) is 9.45. The zero-order valence-electron chi connectivity index (χ0n) is 20.4. The van der Waals surface area contributed by atoms with Crippen LogP contribution in [0.4, 0.5) is 17.6 Å². The van der Waals surface area contributed by atoms with Crippen molar-refractivity contribution in [3.63, 3.8) is 0 Å². The number of nitrogens with zero attached hydrogens (tertiary/aromatic N) is 3. The number of oxazole rings is 1. The molecule has 6 rings (SSSR count). The zero-order valence-corrected chi connectivity index (χ0v) is 20.4. The molecule has 0 aliphatic heterocycles. The highest BCUT2D eigenvalue weighted by molar-refractivity contribution is 5.92. The fourth-order valence-electron chi connectivity index (χ4n) is 5.09. The Balaban J connectivity index is 1.51. The van der Waals surface area contributed by atoms with Gasteiger partial charge in [0.05, 0.1) is 17.2 Å². The molecule has 0 bridgehead atoms. The van der Waals surface area contributed by atoms with Crippen LogP contribution < -0.4 is 5.32 Å². The van der Waals surface area contributed by atoms with Gasteiger partial charge in [0.25, 0.3) is 0 Å². The lowest BCUT2D eigenvalue weighted by atomic mass is 9.94. The standard InChI is InChI=1S/C28H22F4N4O3/c29-19-10-9-17(16-5-2-1-3-6-16)23(27-36-34-14-38-27)24(19)26-35-21-12-15(13-33-20-7-4-8-22(20)37)11-18(25(21)39-26)28(30,31)32/h1-3,5-6,9-12,14,20,22,33,37H,4,7-8,13H2/t20?,22-/m1/s1. The molecule has 2 N–H and O–H groups in total. The van der Waals surface area contributed by atoms with Crippen LogP contribution >= 0.6 is 0 Å². The largest absolute Gasteiger partial charge is 0.435 e. The van der Waals surface area contributed by atoms with Gasteiger partial charge in [-0.15, -0.1) is 10.2 Å². The number of aromatic nitrogens is 3. The summed E-state index contributed by atoms with van der Waals surface area (Å²) in [6, 6.07) is 14.0. The van der Waals surface area contributed by atoms with Gasteiger partial charge in [-0.3, -0.25) is 0 Å². The van der Waals surface area contributed by atoms with Crippen molar-refractivity contribution in [3.8, 4) is 34.0 Å². The van der Waals surface area contributed by atoms with Crippen LogP contribution in [0.15, 0.2) is 69.8 Å². The predicted molar refractivity (Wildman–Crippen MR) is 134 cm³/mol. The van der Waals surface area contributed by atoms with E-state index in [0.717, 1.165) is 25.3 Å². The van der Waals surface area contributed by atoms with E-state index in [4.69, 9.17) is 8.83 Å². The third-order valence-electron chi connectivity index (χ3n) is 6.93. The summed E-state index contributed by atoms with van der Waals surface area (Å²) in [6.07, 6.45) is -2.00. The van der Waals surface area contributed by atoms with E-state index in [1.54, 1.807) is 24.3 Å². The van der Waals surface area contributed by atoms with Gasteiger partial charge in [0.1, 0.15) is 16.9 Å². The molecule has 11 heteroatoms. The monoisotopic (exact) mass is 538 g/mol. The maximum atomic E-state index is 15.5. The summed E-state index contributed by atoms with van der Waals surface area (Å²) in [5, 5.41) is 20.8. The summed E-state index contributed by atoms with van der Waals surface area (Å²) in [5.74, 6) is -1.17. The number of hydrogen-bond donors (Lipinski definition) is 2. The van der Waals surface area contributed by atoms with Crippen LogP contribution in [0.2, 0.25) is 0 Å². The van der Waals surface area contributed by atoms with Gasteiger partial charge in [0.2, 0.25) is 18.2 Å². The van der Waals surface area contributed by atoms with Gasteiger partial charge in [-0.1, -0.05) is 36.4 Å². The van der Waals surface area contributed by atoms with Crippen LogP contribution in [0.1, 0.15) is 30.4 Å². The molecule has 0 radical (unpaired) electrons. The second-order valence-corrected chi connectivity index (χ2v) is 9.45. The minimum absolute atomic E-state index is 0.0401. The SMILES string of the molecule is O[C@@H]1CCCC1NCc1cc(C(F)(F)F)c2oc(-c3c(F)ccc(-c4ccccc4)c3-c3nnco3)nc2c1. The predicted octanol–water partition coefficient (Wildman–Crippen LogP) is 6.37. The minimum atomic E-state index is -4.75. The maximum Gasteiger partial charge on any atom is 0.420 e. The van der Waals surface area contributed by atoms with E-state index in [-0.39, 0.29) is 41.0 Å². The average molecular weight is 539 g/mol. The third-order valence-corrected chi connectivity index (χ3v) is 6.93. The summed E-state index contributed by atoms with van der Waals surface area (Å²) in [6.45, 7) is 0.0913. The van der Waals surface area contributed by atoms with Crippen molar-refractivity contribution < 1.29 is 31.5 Å². The second kappa shape index (κ2) is 9.90. The molecular formula is C28H22F4N4O3. The van der Waals surface area contributed by atoms with E-state index < -0.39 is 29.2 Å². The number of hydrogen-bond acceptors (Lipinski definition) is 7. The summed E-state index contributed by atoms with van der Waals surface area (Å²) >= 11 is 0. The quantitative estimate of drug-likeness (QED) is 0.242. The van der Waals surface area contributed by atoms with E-state index in [9.17, 15) is 18.3 Å². The lowest BCUT2D eigenvalue weighted by molar-refractivity contribution is -0.136. The van der Waals surface area contributed by atoms with E-state index >= 15 is 4.39 Å². The smallest absolute Gasteiger partial charge is 0.420 e. The Hall–Kier alpha value is -4.09. The minimum Gasteiger partial charge on any atom is -0.435 e. The van der Waals surface area contributed by atoms with Crippen LogP contribution in [0.5, 0.6) is 0 Å². The molecule has 1 fully saturated rings. The Bertz CT molecular complexity index is 1620. The van der Waals surface area contributed by atoms with Gasteiger partial charge in [0, 0.05) is 12.6 Å². The third kappa shape index (κ3) is 4.79. The number of nitrogens with one attached hydrogen (secondary N) is 1. The highest BCUT2D eigenvalue weighted by Gasteiger charge is 2.36. The molecule has 1 unspecified atom stereocenters. The Morgan fingerprint density at radius 1 is 1.00 bits per heavy atom. The molecule has 1 aliphatic carbocycles. The van der Waals surface area contributed by atoms with Gasteiger partial charge < -0.3 is 19.3 Å². The molecule has 3 aromatic carbocycles. The lowest BCUT2D eigenvalue weighted by Gasteiger charge is -2.17. The first-order chi connectivity index (χ1) is 18.8. The number of fused-ring (bicyclic) bond motifs is 1. The number of halogens is 4. The highest BCUT2D eigenvalue weighted by Crippen LogP contribution is 2.43. The molecule has 0 amide bonds. The molecule has 200 valence electrons. The van der Waals surface area contributed by atoms with Crippen molar-refractivity contribution in [2.75, 3.05) is 0 Å². The Morgan fingerprint density at radius 3 is 2.51 bits per heavy atom. The average Bonchev–Trinajstić information content (AvgIpc) is 3.68. The maximum absolute atomic E-state index is 15.5. The molecule has 2 atom stereocenters. The van der Waals surface area contributed by atoms with Crippen LogP contribution in [-0.4, -0.2) is 32.4 Å². The summed E-state index contributed by atoms with van der Waals surface area (Å²) in [5.41, 5.74) is -0.149. The number of aliphatic hydroxyl groups excluding tert-OH is 1. The molecule has 2 aromatic heterocycles. The fraction of sp³-hybridized carbons (Fsp3) is 0.250. The van der Waals surface area contributed by atoms with Crippen molar-refractivity contribution >= 4 is 11.1 Å².